The average molecular weight is 194 g/mol. The Morgan fingerprint density at radius 2 is 1.79 bits per heavy atom. The van der Waals surface area contributed by atoms with Gasteiger partial charge < -0.3 is 20.8 Å². The van der Waals surface area contributed by atoms with Crippen LogP contribution in [0.4, 0.5) is 11.4 Å². The van der Waals surface area contributed by atoms with Gasteiger partial charge in [0.25, 0.3) is 0 Å². The van der Waals surface area contributed by atoms with E-state index < -0.39 is 0 Å². The number of anilines is 2. The van der Waals surface area contributed by atoms with Gasteiger partial charge in [-0.1, -0.05) is 0 Å². The van der Waals surface area contributed by atoms with E-state index in [0.29, 0.717) is 24.3 Å². The Bertz CT molecular complexity index is 390. The zero-order chi connectivity index (χ0) is 10.1. The van der Waals surface area contributed by atoms with Crippen LogP contribution in [0.25, 0.3) is 0 Å². The van der Waals surface area contributed by atoms with Crippen LogP contribution < -0.4 is 10.6 Å². The van der Waals surface area contributed by atoms with Crippen molar-refractivity contribution in [2.75, 3.05) is 17.2 Å². The molecule has 0 fully saturated rings. The van der Waals surface area contributed by atoms with Gasteiger partial charge in [-0.2, -0.15) is 0 Å². The van der Waals surface area contributed by atoms with Crippen LogP contribution in [0.5, 0.6) is 11.5 Å². The van der Waals surface area contributed by atoms with E-state index in [1.807, 2.05) is 0 Å². The highest BCUT2D eigenvalue weighted by atomic mass is 16.3. The summed E-state index contributed by atoms with van der Waals surface area (Å²) in [5.41, 5.74) is 1.11. The van der Waals surface area contributed by atoms with Crippen molar-refractivity contribution in [3.8, 4) is 11.5 Å². The van der Waals surface area contributed by atoms with E-state index in [-0.39, 0.29) is 17.4 Å². The monoisotopic (exact) mass is 194 g/mol. The summed E-state index contributed by atoms with van der Waals surface area (Å²) >= 11 is 0. The molecule has 0 saturated carbocycles. The number of nitrogens with one attached hydrogen (secondary N) is 2. The number of rotatable bonds is 0. The van der Waals surface area contributed by atoms with Gasteiger partial charge in [-0.15, -0.1) is 0 Å². The number of carbonyl (C=O) groups is 1. The lowest BCUT2D eigenvalue weighted by molar-refractivity contribution is -0.115. The van der Waals surface area contributed by atoms with Gasteiger partial charge in [-0.25, -0.2) is 0 Å². The first-order valence-corrected chi connectivity index (χ1v) is 4.26. The Kier molecular flexibility index (Phi) is 1.92. The van der Waals surface area contributed by atoms with Crippen molar-refractivity contribution in [1.29, 1.82) is 0 Å². The fraction of sp³-hybridized carbons (Fsp3) is 0.222. The summed E-state index contributed by atoms with van der Waals surface area (Å²) in [5, 5.41) is 24.0. The number of phenols is 2. The molecule has 1 heterocycles. The second kappa shape index (κ2) is 3.10. The van der Waals surface area contributed by atoms with Crippen LogP contribution in [0.2, 0.25) is 0 Å². The van der Waals surface area contributed by atoms with Crippen LogP contribution >= 0.6 is 0 Å². The second-order valence-electron chi connectivity index (χ2n) is 3.11. The lowest BCUT2D eigenvalue weighted by Gasteiger charge is -2.08. The van der Waals surface area contributed by atoms with E-state index in [0.717, 1.165) is 0 Å². The van der Waals surface area contributed by atoms with Crippen LogP contribution in [0.15, 0.2) is 12.1 Å². The summed E-state index contributed by atoms with van der Waals surface area (Å²) in [6, 6.07) is 2.71. The molecule has 2 rings (SSSR count). The third kappa shape index (κ3) is 1.44. The number of amides is 1. The minimum absolute atomic E-state index is 0.110. The number of fused-ring (bicyclic) bond motifs is 1. The van der Waals surface area contributed by atoms with Crippen molar-refractivity contribution in [2.24, 2.45) is 0 Å². The molecule has 0 atom stereocenters. The summed E-state index contributed by atoms with van der Waals surface area (Å²) in [4.78, 5) is 11.1. The molecule has 0 saturated heterocycles. The predicted molar refractivity (Wildman–Crippen MR) is 51.5 cm³/mol. The van der Waals surface area contributed by atoms with Gasteiger partial charge in [-0.05, 0) is 0 Å². The average Bonchev–Trinajstić information content (AvgIpc) is 2.28. The van der Waals surface area contributed by atoms with Gasteiger partial charge in [0, 0.05) is 25.1 Å². The molecular weight excluding hydrogens is 184 g/mol. The zero-order valence-electron chi connectivity index (χ0n) is 7.37. The Morgan fingerprint density at radius 3 is 2.50 bits per heavy atom. The number of phenolic OH excluding ortho intramolecular Hbond substituents is 2. The molecule has 0 radical (unpaired) electrons. The molecule has 1 amide bonds. The summed E-state index contributed by atoms with van der Waals surface area (Å²) in [6.45, 7) is 0.517. The highest BCUT2D eigenvalue weighted by molar-refractivity contribution is 5.96. The van der Waals surface area contributed by atoms with Gasteiger partial charge in [0.15, 0.2) is 11.5 Å². The SMILES string of the molecule is O=C1CCNc2cc(O)c(O)cc2N1. The minimum Gasteiger partial charge on any atom is -0.504 e. The van der Waals surface area contributed by atoms with Crippen LogP contribution in [-0.4, -0.2) is 22.7 Å². The predicted octanol–water partition coefficient (Wildman–Crippen LogP) is 0.852. The Labute approximate surface area is 80.4 Å². The van der Waals surface area contributed by atoms with E-state index >= 15 is 0 Å². The first-order chi connectivity index (χ1) is 6.66. The quantitative estimate of drug-likeness (QED) is 0.364. The molecule has 4 N–H and O–H groups in total. The fourth-order valence-corrected chi connectivity index (χ4v) is 1.35. The number of hydrogen-bond acceptors (Lipinski definition) is 4. The van der Waals surface area contributed by atoms with E-state index in [1.54, 1.807) is 0 Å². The Hall–Kier alpha value is -1.91. The maximum atomic E-state index is 11.1. The number of aromatic hydroxyl groups is 2. The van der Waals surface area contributed by atoms with Gasteiger partial charge in [0.05, 0.1) is 11.4 Å². The molecule has 5 heteroatoms. The van der Waals surface area contributed by atoms with Crippen molar-refractivity contribution < 1.29 is 15.0 Å². The van der Waals surface area contributed by atoms with Gasteiger partial charge in [-0.3, -0.25) is 4.79 Å². The molecule has 0 aromatic heterocycles. The van der Waals surface area contributed by atoms with Crippen LogP contribution in [0.3, 0.4) is 0 Å². The van der Waals surface area contributed by atoms with E-state index in [9.17, 15) is 15.0 Å². The van der Waals surface area contributed by atoms with Crippen LogP contribution in [-0.2, 0) is 4.79 Å². The molecule has 1 aliphatic rings. The number of hydrogen-bond donors (Lipinski definition) is 4. The molecule has 0 bridgehead atoms. The first-order valence-electron chi connectivity index (χ1n) is 4.26. The topological polar surface area (TPSA) is 81.6 Å². The maximum Gasteiger partial charge on any atom is 0.226 e. The zero-order valence-corrected chi connectivity index (χ0v) is 7.37. The minimum atomic E-state index is -0.243. The van der Waals surface area contributed by atoms with Crippen molar-refractivity contribution in [3.05, 3.63) is 12.1 Å². The van der Waals surface area contributed by atoms with E-state index in [4.69, 9.17) is 0 Å². The lowest BCUT2D eigenvalue weighted by atomic mass is 10.2. The molecule has 74 valence electrons. The molecule has 1 aromatic carbocycles. The third-order valence-corrected chi connectivity index (χ3v) is 2.06. The summed E-state index contributed by atoms with van der Waals surface area (Å²) in [5.74, 6) is -0.554. The third-order valence-electron chi connectivity index (χ3n) is 2.06. The number of carbonyl (C=O) groups excluding carboxylic acids is 1. The second-order valence-corrected chi connectivity index (χ2v) is 3.11. The first kappa shape index (κ1) is 8.68. The largest absolute Gasteiger partial charge is 0.504 e. The van der Waals surface area contributed by atoms with Crippen molar-refractivity contribution >= 4 is 17.3 Å². The van der Waals surface area contributed by atoms with Crippen LogP contribution in [0, 0.1) is 0 Å². The summed E-state index contributed by atoms with van der Waals surface area (Å²) in [6.07, 6.45) is 0.371. The van der Waals surface area contributed by atoms with Crippen molar-refractivity contribution in [2.45, 2.75) is 6.42 Å². The highest BCUT2D eigenvalue weighted by Crippen LogP contribution is 2.35. The highest BCUT2D eigenvalue weighted by Gasteiger charge is 2.14. The molecule has 14 heavy (non-hydrogen) atoms. The lowest BCUT2D eigenvalue weighted by Crippen LogP contribution is -2.10. The van der Waals surface area contributed by atoms with E-state index in [1.165, 1.54) is 12.1 Å². The molecule has 1 aromatic rings. The molecule has 0 unspecified atom stereocenters. The van der Waals surface area contributed by atoms with Gasteiger partial charge in [0.2, 0.25) is 5.91 Å². The maximum absolute atomic E-state index is 11.1. The molecule has 0 spiro atoms. The summed E-state index contributed by atoms with van der Waals surface area (Å²) < 4.78 is 0. The normalized spacial score (nSPS) is 15.0. The molecule has 0 aliphatic carbocycles. The van der Waals surface area contributed by atoms with Gasteiger partial charge >= 0.3 is 0 Å². The van der Waals surface area contributed by atoms with Crippen molar-refractivity contribution in [1.82, 2.24) is 0 Å². The number of benzene rings is 1. The standard InChI is InChI=1S/C9H10N2O3/c12-7-3-5-6(4-8(7)13)11-9(14)1-2-10-5/h3-4,10,12-13H,1-2H2,(H,11,14). The van der Waals surface area contributed by atoms with Gasteiger partial charge in [0.1, 0.15) is 0 Å². The smallest absolute Gasteiger partial charge is 0.226 e. The fourth-order valence-electron chi connectivity index (χ4n) is 1.35. The Balaban J connectivity index is 2.46. The van der Waals surface area contributed by atoms with Crippen molar-refractivity contribution in [3.63, 3.8) is 0 Å². The molecule has 1 aliphatic heterocycles. The van der Waals surface area contributed by atoms with Crippen LogP contribution in [0.1, 0.15) is 6.42 Å². The molecule has 5 nitrogen and oxygen atoms in total. The molecular formula is C9H10N2O3. The summed E-state index contributed by atoms with van der Waals surface area (Å²) in [7, 11) is 0. The van der Waals surface area contributed by atoms with E-state index in [2.05, 4.69) is 10.6 Å². The Morgan fingerprint density at radius 1 is 1.14 bits per heavy atom.